The van der Waals surface area contributed by atoms with Crippen LogP contribution >= 0.6 is 0 Å². The summed E-state index contributed by atoms with van der Waals surface area (Å²) >= 11 is 0. The topological polar surface area (TPSA) is 17.1 Å². The zero-order valence-electron chi connectivity index (χ0n) is 10.8. The third-order valence-electron chi connectivity index (χ3n) is 3.08. The summed E-state index contributed by atoms with van der Waals surface area (Å²) in [5.41, 5.74) is 3.78. The minimum atomic E-state index is 0.128. The lowest BCUT2D eigenvalue weighted by Crippen LogP contribution is -2.07. The minimum Gasteiger partial charge on any atom is -0.290 e. The van der Waals surface area contributed by atoms with Gasteiger partial charge in [-0.25, -0.2) is 0 Å². The van der Waals surface area contributed by atoms with Crippen molar-refractivity contribution in [2.75, 3.05) is 0 Å². The Kier molecular flexibility index (Phi) is 4.72. The van der Waals surface area contributed by atoms with Gasteiger partial charge in [-0.15, -0.1) is 0 Å². The Morgan fingerprint density at radius 3 is 2.50 bits per heavy atom. The average molecular weight is 218 g/mol. The van der Waals surface area contributed by atoms with Crippen LogP contribution < -0.4 is 0 Å². The van der Waals surface area contributed by atoms with Crippen LogP contribution in [0.25, 0.3) is 0 Å². The van der Waals surface area contributed by atoms with Gasteiger partial charge in [0.1, 0.15) is 0 Å². The van der Waals surface area contributed by atoms with Crippen molar-refractivity contribution < 1.29 is 4.79 Å². The van der Waals surface area contributed by atoms with Crippen LogP contribution in [0.15, 0.2) is 34.9 Å². The molecule has 0 N–H and O–H groups in total. The molecule has 0 radical (unpaired) electrons. The monoisotopic (exact) mass is 218 g/mol. The first kappa shape index (κ1) is 13.0. The summed E-state index contributed by atoms with van der Waals surface area (Å²) in [7, 11) is 0. The lowest BCUT2D eigenvalue weighted by molar-refractivity contribution is -0.110. The standard InChI is InChI=1S/C15H22O/c1-11(2)9-15(16)10-13(4)14-7-5-12(3)6-8-14/h5,9-10,14H,6-8H2,1-4H3/b13-10+/t14-/m0/s1. The third-order valence-corrected chi connectivity index (χ3v) is 3.08. The van der Waals surface area contributed by atoms with Crippen LogP contribution in [0.4, 0.5) is 0 Å². The largest absolute Gasteiger partial charge is 0.290 e. The molecule has 0 heterocycles. The van der Waals surface area contributed by atoms with E-state index in [2.05, 4.69) is 19.9 Å². The molecule has 1 aliphatic carbocycles. The second-order valence-corrected chi connectivity index (χ2v) is 5.03. The van der Waals surface area contributed by atoms with E-state index >= 15 is 0 Å². The van der Waals surface area contributed by atoms with Crippen molar-refractivity contribution in [2.24, 2.45) is 5.92 Å². The smallest absolute Gasteiger partial charge is 0.178 e. The number of rotatable bonds is 3. The molecule has 1 nitrogen and oxygen atoms in total. The molecule has 0 unspecified atom stereocenters. The summed E-state index contributed by atoms with van der Waals surface area (Å²) in [6.07, 6.45) is 9.26. The summed E-state index contributed by atoms with van der Waals surface area (Å²) in [5.74, 6) is 0.696. The van der Waals surface area contributed by atoms with Gasteiger partial charge in [0, 0.05) is 0 Å². The molecular formula is C15H22O. The molecule has 0 spiro atoms. The van der Waals surface area contributed by atoms with Crippen LogP contribution in [0.5, 0.6) is 0 Å². The van der Waals surface area contributed by atoms with Gasteiger partial charge in [-0.3, -0.25) is 4.79 Å². The summed E-state index contributed by atoms with van der Waals surface area (Å²) in [6.45, 7) is 8.17. The van der Waals surface area contributed by atoms with Gasteiger partial charge < -0.3 is 0 Å². The second-order valence-electron chi connectivity index (χ2n) is 5.03. The van der Waals surface area contributed by atoms with Gasteiger partial charge in [0.2, 0.25) is 0 Å². The van der Waals surface area contributed by atoms with E-state index in [1.165, 1.54) is 24.0 Å². The lowest BCUT2D eigenvalue weighted by Gasteiger charge is -2.20. The van der Waals surface area contributed by atoms with E-state index in [9.17, 15) is 4.79 Å². The molecule has 0 aliphatic heterocycles. The van der Waals surface area contributed by atoms with E-state index in [-0.39, 0.29) is 5.78 Å². The van der Waals surface area contributed by atoms with E-state index in [0.29, 0.717) is 5.92 Å². The fourth-order valence-electron chi connectivity index (χ4n) is 2.05. The van der Waals surface area contributed by atoms with Gasteiger partial charge >= 0.3 is 0 Å². The Bertz CT molecular complexity index is 352. The lowest BCUT2D eigenvalue weighted by atomic mass is 9.85. The van der Waals surface area contributed by atoms with Crippen LogP contribution in [-0.4, -0.2) is 5.78 Å². The molecule has 0 fully saturated rings. The van der Waals surface area contributed by atoms with Gasteiger partial charge in [-0.2, -0.15) is 0 Å². The van der Waals surface area contributed by atoms with Crippen LogP contribution in [0.1, 0.15) is 47.0 Å². The number of ketones is 1. The molecule has 0 aromatic heterocycles. The van der Waals surface area contributed by atoms with Crippen molar-refractivity contribution in [1.82, 2.24) is 0 Å². The van der Waals surface area contributed by atoms with E-state index in [1.807, 2.05) is 13.8 Å². The Balaban J connectivity index is 2.64. The number of allylic oxidation sites excluding steroid dienone is 6. The maximum absolute atomic E-state index is 11.6. The second kappa shape index (κ2) is 5.83. The Morgan fingerprint density at radius 1 is 1.31 bits per heavy atom. The number of carbonyl (C=O) groups is 1. The van der Waals surface area contributed by atoms with E-state index < -0.39 is 0 Å². The fraction of sp³-hybridized carbons (Fsp3) is 0.533. The molecule has 1 heteroatoms. The maximum atomic E-state index is 11.6. The summed E-state index contributed by atoms with van der Waals surface area (Å²) in [5, 5.41) is 0. The predicted octanol–water partition coefficient (Wildman–Crippen LogP) is 4.21. The summed E-state index contributed by atoms with van der Waals surface area (Å²) in [6, 6.07) is 0. The van der Waals surface area contributed by atoms with Gasteiger partial charge in [-0.05, 0) is 65.0 Å². The highest BCUT2D eigenvalue weighted by atomic mass is 16.1. The van der Waals surface area contributed by atoms with Crippen molar-refractivity contribution in [3.05, 3.63) is 34.9 Å². The SMILES string of the molecule is CC(C)=CC(=O)/C=C(\C)[C@H]1CC=C(C)CC1. The van der Waals surface area contributed by atoms with Crippen molar-refractivity contribution in [1.29, 1.82) is 0 Å². The number of carbonyl (C=O) groups excluding carboxylic acids is 1. The molecule has 0 aromatic rings. The number of hydrogen-bond donors (Lipinski definition) is 0. The van der Waals surface area contributed by atoms with Crippen molar-refractivity contribution in [3.63, 3.8) is 0 Å². The molecule has 88 valence electrons. The van der Waals surface area contributed by atoms with Gasteiger partial charge in [-0.1, -0.05) is 22.8 Å². The molecule has 0 saturated heterocycles. The first-order valence-corrected chi connectivity index (χ1v) is 6.01. The van der Waals surface area contributed by atoms with Crippen LogP contribution in [0.3, 0.4) is 0 Å². The maximum Gasteiger partial charge on any atom is 0.178 e. The molecule has 0 amide bonds. The van der Waals surface area contributed by atoms with Crippen LogP contribution in [-0.2, 0) is 4.79 Å². The number of hydrogen-bond acceptors (Lipinski definition) is 1. The van der Waals surface area contributed by atoms with Gasteiger partial charge in [0.05, 0.1) is 0 Å². The highest BCUT2D eigenvalue weighted by Gasteiger charge is 2.14. The fourth-order valence-corrected chi connectivity index (χ4v) is 2.05. The van der Waals surface area contributed by atoms with Crippen molar-refractivity contribution in [3.8, 4) is 0 Å². The predicted molar refractivity (Wildman–Crippen MR) is 69.3 cm³/mol. The highest BCUT2D eigenvalue weighted by molar-refractivity contribution is 6.00. The minimum absolute atomic E-state index is 0.128. The Labute approximate surface area is 98.9 Å². The Morgan fingerprint density at radius 2 is 2.00 bits per heavy atom. The van der Waals surface area contributed by atoms with Crippen LogP contribution in [0, 0.1) is 5.92 Å². The van der Waals surface area contributed by atoms with Crippen molar-refractivity contribution >= 4 is 5.78 Å². The van der Waals surface area contributed by atoms with Crippen LogP contribution in [0.2, 0.25) is 0 Å². The molecule has 16 heavy (non-hydrogen) atoms. The quantitative estimate of drug-likeness (QED) is 0.512. The third kappa shape index (κ3) is 4.18. The summed E-state index contributed by atoms with van der Waals surface area (Å²) in [4.78, 5) is 11.6. The molecule has 1 atom stereocenters. The molecule has 1 rings (SSSR count). The van der Waals surface area contributed by atoms with E-state index in [1.54, 1.807) is 12.2 Å². The van der Waals surface area contributed by atoms with Crippen molar-refractivity contribution in [2.45, 2.75) is 47.0 Å². The molecule has 1 aliphatic rings. The van der Waals surface area contributed by atoms with E-state index in [0.717, 1.165) is 12.0 Å². The first-order valence-electron chi connectivity index (χ1n) is 6.01. The van der Waals surface area contributed by atoms with E-state index in [4.69, 9.17) is 0 Å². The summed E-state index contributed by atoms with van der Waals surface area (Å²) < 4.78 is 0. The average Bonchev–Trinajstić information content (AvgIpc) is 2.16. The first-order chi connectivity index (χ1) is 7.49. The highest BCUT2D eigenvalue weighted by Crippen LogP contribution is 2.28. The van der Waals surface area contributed by atoms with Gasteiger partial charge in [0.15, 0.2) is 5.78 Å². The zero-order chi connectivity index (χ0) is 12.1. The molecule has 0 bridgehead atoms. The molecular weight excluding hydrogens is 196 g/mol. The zero-order valence-corrected chi connectivity index (χ0v) is 10.8. The molecule has 0 aromatic carbocycles. The molecule has 0 saturated carbocycles. The normalized spacial score (nSPS) is 21.4. The van der Waals surface area contributed by atoms with Gasteiger partial charge in [0.25, 0.3) is 0 Å². The Hall–Kier alpha value is -1.11.